The van der Waals surface area contributed by atoms with E-state index in [1.165, 1.54) is 11.3 Å². The van der Waals surface area contributed by atoms with Gasteiger partial charge in [0.05, 0.1) is 31.0 Å². The molecule has 6 nitrogen and oxygen atoms in total. The van der Waals surface area contributed by atoms with Crippen LogP contribution in [0.4, 0.5) is 5.13 Å². The van der Waals surface area contributed by atoms with Crippen molar-refractivity contribution in [1.82, 2.24) is 14.8 Å². The van der Waals surface area contributed by atoms with Crippen molar-refractivity contribution in [2.45, 2.75) is 19.9 Å². The number of esters is 1. The fraction of sp³-hybridized carbons (Fsp3) is 0.417. The van der Waals surface area contributed by atoms with Crippen molar-refractivity contribution in [2.75, 3.05) is 11.9 Å². The summed E-state index contributed by atoms with van der Waals surface area (Å²) in [6.07, 6.45) is 1.97. The monoisotopic (exact) mass is 280 g/mol. The molecule has 0 aliphatic rings. The zero-order valence-electron chi connectivity index (χ0n) is 10.9. The van der Waals surface area contributed by atoms with Crippen LogP contribution in [0.5, 0.6) is 0 Å². The molecule has 0 aliphatic carbocycles. The molecule has 7 heteroatoms. The summed E-state index contributed by atoms with van der Waals surface area (Å²) in [6.45, 7) is 2.84. The van der Waals surface area contributed by atoms with E-state index in [4.69, 9.17) is 4.74 Å². The number of thiazole rings is 1. The summed E-state index contributed by atoms with van der Waals surface area (Å²) in [5, 5.41) is 9.96. The molecule has 2 aromatic heterocycles. The number of aryl methyl sites for hydroxylation is 1. The largest absolute Gasteiger partial charge is 0.466 e. The summed E-state index contributed by atoms with van der Waals surface area (Å²) in [7, 11) is 1.89. The SMILES string of the molecule is CCOC(=O)Cc1csc(NCc2ccnn2C)n1. The van der Waals surface area contributed by atoms with Gasteiger partial charge in [0.1, 0.15) is 0 Å². The Kier molecular flexibility index (Phi) is 4.51. The van der Waals surface area contributed by atoms with E-state index in [1.807, 2.05) is 18.5 Å². The van der Waals surface area contributed by atoms with Crippen LogP contribution >= 0.6 is 11.3 Å². The molecule has 2 aromatic rings. The van der Waals surface area contributed by atoms with Crippen LogP contribution in [0, 0.1) is 0 Å². The highest BCUT2D eigenvalue weighted by Crippen LogP contribution is 2.17. The van der Waals surface area contributed by atoms with Crippen LogP contribution in [0.2, 0.25) is 0 Å². The van der Waals surface area contributed by atoms with Gasteiger partial charge in [0, 0.05) is 18.6 Å². The van der Waals surface area contributed by atoms with E-state index in [1.54, 1.807) is 17.8 Å². The number of aromatic nitrogens is 3. The highest BCUT2D eigenvalue weighted by atomic mass is 32.1. The van der Waals surface area contributed by atoms with Crippen LogP contribution in [0.15, 0.2) is 17.6 Å². The van der Waals surface area contributed by atoms with Crippen LogP contribution in [0.3, 0.4) is 0 Å². The first-order valence-corrected chi connectivity index (χ1v) is 6.87. The van der Waals surface area contributed by atoms with E-state index in [9.17, 15) is 4.79 Å². The smallest absolute Gasteiger partial charge is 0.311 e. The summed E-state index contributed by atoms with van der Waals surface area (Å²) in [4.78, 5) is 15.7. The number of ether oxygens (including phenoxy) is 1. The summed E-state index contributed by atoms with van der Waals surface area (Å²) >= 11 is 1.48. The highest BCUT2D eigenvalue weighted by molar-refractivity contribution is 7.13. The van der Waals surface area contributed by atoms with Crippen LogP contribution in [-0.4, -0.2) is 27.3 Å². The minimum atomic E-state index is -0.244. The summed E-state index contributed by atoms with van der Waals surface area (Å²) in [6, 6.07) is 1.94. The number of hydrogen-bond donors (Lipinski definition) is 1. The summed E-state index contributed by atoms with van der Waals surface area (Å²) in [5.41, 5.74) is 1.80. The van der Waals surface area contributed by atoms with E-state index in [-0.39, 0.29) is 12.4 Å². The number of nitrogens with one attached hydrogen (secondary N) is 1. The molecule has 0 aromatic carbocycles. The Morgan fingerprint density at radius 3 is 3.11 bits per heavy atom. The average molecular weight is 280 g/mol. The lowest BCUT2D eigenvalue weighted by atomic mass is 10.3. The molecule has 0 atom stereocenters. The Hall–Kier alpha value is -1.89. The zero-order chi connectivity index (χ0) is 13.7. The first kappa shape index (κ1) is 13.5. The predicted molar refractivity (Wildman–Crippen MR) is 73.0 cm³/mol. The van der Waals surface area contributed by atoms with Crippen molar-refractivity contribution < 1.29 is 9.53 Å². The highest BCUT2D eigenvalue weighted by Gasteiger charge is 2.08. The summed E-state index contributed by atoms with van der Waals surface area (Å²) < 4.78 is 6.69. The molecule has 102 valence electrons. The maximum atomic E-state index is 11.3. The molecule has 0 aliphatic heterocycles. The average Bonchev–Trinajstić information content (AvgIpc) is 2.96. The van der Waals surface area contributed by atoms with E-state index in [0.717, 1.165) is 16.5 Å². The Bertz CT molecular complexity index is 549. The zero-order valence-corrected chi connectivity index (χ0v) is 11.7. The van der Waals surface area contributed by atoms with Crippen molar-refractivity contribution in [3.05, 3.63) is 29.0 Å². The second-order valence-electron chi connectivity index (χ2n) is 3.93. The number of anilines is 1. The minimum absolute atomic E-state index is 0.220. The van der Waals surface area contributed by atoms with Crippen LogP contribution in [0.1, 0.15) is 18.3 Å². The summed E-state index contributed by atoms with van der Waals surface area (Å²) in [5.74, 6) is -0.244. The fourth-order valence-corrected chi connectivity index (χ4v) is 2.28. The third-order valence-electron chi connectivity index (χ3n) is 2.53. The Balaban J connectivity index is 1.87. The Labute approximate surface area is 115 Å². The molecular formula is C12H16N4O2S. The molecule has 0 bridgehead atoms. The number of carbonyl (C=O) groups is 1. The third kappa shape index (κ3) is 3.78. The lowest BCUT2D eigenvalue weighted by molar-refractivity contribution is -0.142. The Morgan fingerprint density at radius 1 is 1.58 bits per heavy atom. The molecule has 0 unspecified atom stereocenters. The molecule has 19 heavy (non-hydrogen) atoms. The number of carbonyl (C=O) groups excluding carboxylic acids is 1. The second-order valence-corrected chi connectivity index (χ2v) is 4.78. The maximum absolute atomic E-state index is 11.3. The quantitative estimate of drug-likeness (QED) is 0.814. The van der Waals surface area contributed by atoms with Gasteiger partial charge in [-0.15, -0.1) is 11.3 Å². The molecular weight excluding hydrogens is 264 g/mol. The fourth-order valence-electron chi connectivity index (χ4n) is 1.57. The molecule has 2 heterocycles. The number of rotatable bonds is 6. The first-order chi connectivity index (χ1) is 9.19. The third-order valence-corrected chi connectivity index (χ3v) is 3.37. The van der Waals surface area contributed by atoms with E-state index < -0.39 is 0 Å². The van der Waals surface area contributed by atoms with Gasteiger partial charge in [-0.05, 0) is 13.0 Å². The van der Waals surface area contributed by atoms with Crippen LogP contribution in [0.25, 0.3) is 0 Å². The predicted octanol–water partition coefficient (Wildman–Crippen LogP) is 1.59. The topological polar surface area (TPSA) is 69.0 Å². The molecule has 1 N–H and O–H groups in total. The molecule has 0 amide bonds. The normalized spacial score (nSPS) is 10.4. The minimum Gasteiger partial charge on any atom is -0.466 e. The van der Waals surface area contributed by atoms with E-state index in [2.05, 4.69) is 15.4 Å². The van der Waals surface area contributed by atoms with Gasteiger partial charge in [-0.3, -0.25) is 9.48 Å². The Morgan fingerprint density at radius 2 is 2.42 bits per heavy atom. The molecule has 0 saturated heterocycles. The van der Waals surface area contributed by atoms with Gasteiger partial charge in [-0.2, -0.15) is 5.10 Å². The van der Waals surface area contributed by atoms with Crippen molar-refractivity contribution in [2.24, 2.45) is 7.05 Å². The van der Waals surface area contributed by atoms with Crippen molar-refractivity contribution >= 4 is 22.4 Å². The van der Waals surface area contributed by atoms with E-state index >= 15 is 0 Å². The van der Waals surface area contributed by atoms with Gasteiger partial charge in [0.2, 0.25) is 0 Å². The second kappa shape index (κ2) is 6.33. The van der Waals surface area contributed by atoms with Crippen molar-refractivity contribution in [3.63, 3.8) is 0 Å². The van der Waals surface area contributed by atoms with Crippen molar-refractivity contribution in [1.29, 1.82) is 0 Å². The van der Waals surface area contributed by atoms with Gasteiger partial charge in [-0.1, -0.05) is 0 Å². The van der Waals surface area contributed by atoms with E-state index in [0.29, 0.717) is 13.2 Å². The van der Waals surface area contributed by atoms with Gasteiger partial charge in [0.25, 0.3) is 0 Å². The number of nitrogens with zero attached hydrogens (tertiary/aromatic N) is 3. The molecule has 0 saturated carbocycles. The van der Waals surface area contributed by atoms with Gasteiger partial charge >= 0.3 is 5.97 Å². The lowest BCUT2D eigenvalue weighted by Gasteiger charge is -2.02. The van der Waals surface area contributed by atoms with Crippen LogP contribution < -0.4 is 5.32 Å². The van der Waals surface area contributed by atoms with Gasteiger partial charge in [0.15, 0.2) is 5.13 Å². The molecule has 2 rings (SSSR count). The molecule has 0 spiro atoms. The van der Waals surface area contributed by atoms with Crippen LogP contribution in [-0.2, 0) is 29.5 Å². The van der Waals surface area contributed by atoms with Crippen molar-refractivity contribution in [3.8, 4) is 0 Å². The maximum Gasteiger partial charge on any atom is 0.311 e. The molecule has 0 radical (unpaired) electrons. The number of hydrogen-bond acceptors (Lipinski definition) is 6. The molecule has 0 fully saturated rings. The first-order valence-electron chi connectivity index (χ1n) is 5.99. The van der Waals surface area contributed by atoms with Gasteiger partial charge in [-0.25, -0.2) is 4.98 Å². The van der Waals surface area contributed by atoms with Gasteiger partial charge < -0.3 is 10.1 Å². The lowest BCUT2D eigenvalue weighted by Crippen LogP contribution is -2.08. The standard InChI is InChI=1S/C12H16N4O2S/c1-3-18-11(17)6-9-8-19-12(15-9)13-7-10-4-5-14-16(10)2/h4-5,8H,3,6-7H2,1-2H3,(H,13,15).